The van der Waals surface area contributed by atoms with E-state index in [-0.39, 0.29) is 0 Å². The van der Waals surface area contributed by atoms with Crippen molar-refractivity contribution in [3.05, 3.63) is 11.6 Å². The number of allylic oxidation sites excluding steroid dienone is 2. The highest BCUT2D eigenvalue weighted by Gasteiger charge is 2.55. The van der Waals surface area contributed by atoms with Crippen molar-refractivity contribution in [2.45, 2.75) is 40.5 Å². The fourth-order valence-electron chi connectivity index (χ4n) is 3.02. The molecule has 2 aliphatic rings. The monoisotopic (exact) mass is 150 g/mol. The molecular weight excluding hydrogens is 132 g/mol. The molecule has 0 spiro atoms. The van der Waals surface area contributed by atoms with Crippen LogP contribution in [0.3, 0.4) is 0 Å². The van der Waals surface area contributed by atoms with Crippen molar-refractivity contribution >= 4 is 0 Å². The molecule has 0 saturated heterocycles. The Morgan fingerprint density at radius 1 is 1.36 bits per heavy atom. The van der Waals surface area contributed by atoms with E-state index in [0.29, 0.717) is 10.8 Å². The van der Waals surface area contributed by atoms with Gasteiger partial charge in [0.05, 0.1) is 0 Å². The van der Waals surface area contributed by atoms with E-state index in [4.69, 9.17) is 0 Å². The zero-order chi connectivity index (χ0) is 8.28. The molecule has 1 saturated carbocycles. The summed E-state index contributed by atoms with van der Waals surface area (Å²) >= 11 is 0. The van der Waals surface area contributed by atoms with Crippen LogP contribution in [-0.2, 0) is 0 Å². The van der Waals surface area contributed by atoms with Gasteiger partial charge in [-0.05, 0) is 36.5 Å². The lowest BCUT2D eigenvalue weighted by atomic mass is 9.68. The van der Waals surface area contributed by atoms with Crippen molar-refractivity contribution in [1.82, 2.24) is 0 Å². The number of fused-ring (bicyclic) bond motifs is 2. The average molecular weight is 150 g/mol. The zero-order valence-electron chi connectivity index (χ0n) is 8.07. The van der Waals surface area contributed by atoms with Gasteiger partial charge in [-0.2, -0.15) is 0 Å². The molecular formula is C11H18. The van der Waals surface area contributed by atoms with E-state index < -0.39 is 0 Å². The molecule has 0 unspecified atom stereocenters. The summed E-state index contributed by atoms with van der Waals surface area (Å²) in [4.78, 5) is 0. The fourth-order valence-corrected chi connectivity index (χ4v) is 3.02. The summed E-state index contributed by atoms with van der Waals surface area (Å²) in [5.41, 5.74) is 2.70. The maximum absolute atomic E-state index is 2.50. The Morgan fingerprint density at radius 3 is 2.18 bits per heavy atom. The highest BCUT2D eigenvalue weighted by Crippen LogP contribution is 2.64. The van der Waals surface area contributed by atoms with Crippen molar-refractivity contribution in [1.29, 1.82) is 0 Å². The van der Waals surface area contributed by atoms with E-state index in [1.807, 2.05) is 0 Å². The Labute approximate surface area is 69.7 Å². The fraction of sp³-hybridized carbons (Fsp3) is 0.818. The second kappa shape index (κ2) is 1.73. The zero-order valence-corrected chi connectivity index (χ0v) is 8.07. The average Bonchev–Trinajstić information content (AvgIpc) is 2.20. The summed E-state index contributed by atoms with van der Waals surface area (Å²) in [5, 5.41) is 0. The topological polar surface area (TPSA) is 0 Å². The molecule has 0 heteroatoms. The third-order valence-corrected chi connectivity index (χ3v) is 4.63. The van der Waals surface area contributed by atoms with Crippen molar-refractivity contribution < 1.29 is 0 Å². The van der Waals surface area contributed by atoms with Gasteiger partial charge >= 0.3 is 0 Å². The summed E-state index contributed by atoms with van der Waals surface area (Å²) in [6.45, 7) is 9.60. The van der Waals surface area contributed by atoms with E-state index in [0.717, 1.165) is 5.92 Å². The van der Waals surface area contributed by atoms with E-state index >= 15 is 0 Å². The van der Waals surface area contributed by atoms with Gasteiger partial charge in [0.1, 0.15) is 0 Å². The molecule has 0 aromatic carbocycles. The van der Waals surface area contributed by atoms with Crippen LogP contribution < -0.4 is 0 Å². The van der Waals surface area contributed by atoms with E-state index in [9.17, 15) is 0 Å². The van der Waals surface area contributed by atoms with Crippen molar-refractivity contribution in [3.8, 4) is 0 Å². The molecule has 2 rings (SSSR count). The quantitative estimate of drug-likeness (QED) is 0.464. The lowest BCUT2D eigenvalue weighted by Gasteiger charge is -2.36. The molecule has 0 N–H and O–H groups in total. The molecule has 2 aliphatic carbocycles. The SMILES string of the molecule is CC1=C[C@H]2CC[C@]1(C)C2(C)C. The maximum Gasteiger partial charge on any atom is -0.00621 e. The first-order valence-corrected chi connectivity index (χ1v) is 4.67. The maximum atomic E-state index is 2.50. The van der Waals surface area contributed by atoms with Gasteiger partial charge in [-0.25, -0.2) is 0 Å². The van der Waals surface area contributed by atoms with Crippen molar-refractivity contribution in [2.75, 3.05) is 0 Å². The summed E-state index contributed by atoms with van der Waals surface area (Å²) in [6.07, 6.45) is 5.33. The molecule has 0 nitrogen and oxygen atoms in total. The van der Waals surface area contributed by atoms with Crippen molar-refractivity contribution in [3.63, 3.8) is 0 Å². The Kier molecular flexibility index (Phi) is 1.16. The molecule has 0 aromatic rings. The third-order valence-electron chi connectivity index (χ3n) is 4.63. The summed E-state index contributed by atoms with van der Waals surface area (Å²) in [6, 6.07) is 0. The smallest absolute Gasteiger partial charge is 0.00621 e. The molecule has 0 aromatic heterocycles. The first kappa shape index (κ1) is 7.39. The normalized spacial score (nSPS) is 46.2. The van der Waals surface area contributed by atoms with Crippen LogP contribution in [-0.4, -0.2) is 0 Å². The van der Waals surface area contributed by atoms with Gasteiger partial charge in [-0.1, -0.05) is 32.4 Å². The summed E-state index contributed by atoms with van der Waals surface area (Å²) in [5.74, 6) is 0.868. The second-order valence-electron chi connectivity index (χ2n) is 5.05. The van der Waals surface area contributed by atoms with Crippen LogP contribution in [0.15, 0.2) is 11.6 Å². The van der Waals surface area contributed by atoms with Crippen LogP contribution in [0, 0.1) is 16.7 Å². The molecule has 62 valence electrons. The van der Waals surface area contributed by atoms with Crippen LogP contribution in [0.2, 0.25) is 0 Å². The Balaban J connectivity index is 2.49. The summed E-state index contributed by atoms with van der Waals surface area (Å²) < 4.78 is 0. The van der Waals surface area contributed by atoms with E-state index in [2.05, 4.69) is 33.8 Å². The lowest BCUT2D eigenvalue weighted by molar-refractivity contribution is 0.171. The number of rotatable bonds is 0. The lowest BCUT2D eigenvalue weighted by Crippen LogP contribution is -2.29. The van der Waals surface area contributed by atoms with Crippen molar-refractivity contribution in [2.24, 2.45) is 16.7 Å². The molecule has 0 aliphatic heterocycles. The molecule has 11 heavy (non-hydrogen) atoms. The Morgan fingerprint density at radius 2 is 2.00 bits per heavy atom. The minimum Gasteiger partial charge on any atom is -0.0814 e. The largest absolute Gasteiger partial charge is 0.0814 e. The summed E-state index contributed by atoms with van der Waals surface area (Å²) in [7, 11) is 0. The van der Waals surface area contributed by atoms with Crippen LogP contribution >= 0.6 is 0 Å². The van der Waals surface area contributed by atoms with Crippen LogP contribution in [0.4, 0.5) is 0 Å². The molecule has 2 atom stereocenters. The Bertz CT molecular complexity index is 222. The molecule has 0 radical (unpaired) electrons. The van der Waals surface area contributed by atoms with E-state index in [1.165, 1.54) is 12.8 Å². The molecule has 2 bridgehead atoms. The minimum absolute atomic E-state index is 0.525. The van der Waals surface area contributed by atoms with Gasteiger partial charge in [0, 0.05) is 0 Å². The van der Waals surface area contributed by atoms with Crippen LogP contribution in [0.5, 0.6) is 0 Å². The predicted octanol–water partition coefficient (Wildman–Crippen LogP) is 3.39. The van der Waals surface area contributed by atoms with Gasteiger partial charge < -0.3 is 0 Å². The van der Waals surface area contributed by atoms with Gasteiger partial charge in [0.2, 0.25) is 0 Å². The number of hydrogen-bond donors (Lipinski definition) is 0. The highest BCUT2D eigenvalue weighted by molar-refractivity contribution is 5.29. The predicted molar refractivity (Wildman–Crippen MR) is 48.4 cm³/mol. The third kappa shape index (κ3) is 0.617. The number of hydrogen-bond acceptors (Lipinski definition) is 0. The van der Waals surface area contributed by atoms with E-state index in [1.54, 1.807) is 5.57 Å². The molecule has 0 heterocycles. The van der Waals surface area contributed by atoms with Crippen LogP contribution in [0.25, 0.3) is 0 Å². The Hall–Kier alpha value is -0.260. The van der Waals surface area contributed by atoms with Gasteiger partial charge in [0.15, 0.2) is 0 Å². The second-order valence-corrected chi connectivity index (χ2v) is 5.05. The van der Waals surface area contributed by atoms with Gasteiger partial charge in [0.25, 0.3) is 0 Å². The van der Waals surface area contributed by atoms with Gasteiger partial charge in [-0.3, -0.25) is 0 Å². The first-order valence-electron chi connectivity index (χ1n) is 4.67. The van der Waals surface area contributed by atoms with Crippen LogP contribution in [0.1, 0.15) is 40.5 Å². The molecule has 1 fully saturated rings. The molecule has 0 amide bonds. The highest BCUT2D eigenvalue weighted by atomic mass is 14.6. The standard InChI is InChI=1S/C11H18/c1-8-7-9-5-6-11(8,4)10(9,2)3/h7,9H,5-6H2,1-4H3/t9-,11+/m1/s1. The van der Waals surface area contributed by atoms with Gasteiger partial charge in [-0.15, -0.1) is 0 Å². The first-order chi connectivity index (χ1) is 4.98. The minimum atomic E-state index is 0.525.